The highest BCUT2D eigenvalue weighted by Gasteiger charge is 2.26. The lowest BCUT2D eigenvalue weighted by atomic mass is 10.1. The molecule has 9 heteroatoms. The summed E-state index contributed by atoms with van der Waals surface area (Å²) in [7, 11) is -3.28. The average molecular weight is 472 g/mol. The molecule has 0 N–H and O–H groups in total. The van der Waals surface area contributed by atoms with Crippen molar-refractivity contribution in [2.45, 2.75) is 25.1 Å². The van der Waals surface area contributed by atoms with Crippen LogP contribution in [0.3, 0.4) is 0 Å². The Morgan fingerprint density at radius 1 is 0.818 bits per heavy atom. The van der Waals surface area contributed by atoms with Crippen molar-refractivity contribution in [3.05, 3.63) is 59.2 Å². The first-order chi connectivity index (χ1) is 16.0. The summed E-state index contributed by atoms with van der Waals surface area (Å²) in [6.45, 7) is 5.22. The molecule has 0 bridgehead atoms. The predicted molar refractivity (Wildman–Crippen MR) is 124 cm³/mol. The number of carbonyl (C=O) groups excluding carboxylic acids is 1. The van der Waals surface area contributed by atoms with Crippen LogP contribution in [0.1, 0.15) is 34.3 Å². The number of benzene rings is 2. The second-order valence-electron chi connectivity index (χ2n) is 8.82. The molecule has 0 atom stereocenters. The van der Waals surface area contributed by atoms with Gasteiger partial charge in [-0.05, 0) is 48.2 Å². The molecule has 0 unspecified atom stereocenters. The summed E-state index contributed by atoms with van der Waals surface area (Å²) in [6, 6.07) is 13.0. The van der Waals surface area contributed by atoms with Gasteiger partial charge >= 0.3 is 0 Å². The van der Waals surface area contributed by atoms with Crippen LogP contribution in [0.5, 0.6) is 11.5 Å². The highest BCUT2D eigenvalue weighted by atomic mass is 32.2. The van der Waals surface area contributed by atoms with Gasteiger partial charge in [0.2, 0.25) is 16.8 Å². The zero-order valence-corrected chi connectivity index (χ0v) is 19.4. The Bertz CT molecular complexity index is 1110. The Morgan fingerprint density at radius 2 is 1.48 bits per heavy atom. The number of hydrogen-bond acceptors (Lipinski definition) is 6. The summed E-state index contributed by atoms with van der Waals surface area (Å²) >= 11 is 0. The molecular formula is C24H29N3O5S. The third-order valence-corrected chi connectivity index (χ3v) is 8.36. The Balaban J connectivity index is 1.14. The molecule has 1 amide bonds. The first-order valence-corrected chi connectivity index (χ1v) is 13.1. The maximum Gasteiger partial charge on any atom is 0.253 e. The van der Waals surface area contributed by atoms with E-state index in [9.17, 15) is 13.2 Å². The second-order valence-corrected chi connectivity index (χ2v) is 10.8. The minimum Gasteiger partial charge on any atom is -0.454 e. The largest absolute Gasteiger partial charge is 0.454 e. The number of sulfonamides is 1. The SMILES string of the molecule is O=C(c1ccc(CS(=O)(=O)N2CCCC2)cc1)N1CCN(Cc2ccc3c(c2)OCO3)CC1. The van der Waals surface area contributed by atoms with E-state index in [0.717, 1.165) is 44.0 Å². The molecule has 176 valence electrons. The smallest absolute Gasteiger partial charge is 0.253 e. The van der Waals surface area contributed by atoms with E-state index in [-0.39, 0.29) is 18.5 Å². The van der Waals surface area contributed by atoms with E-state index in [1.54, 1.807) is 28.6 Å². The van der Waals surface area contributed by atoms with Gasteiger partial charge in [0.15, 0.2) is 11.5 Å². The van der Waals surface area contributed by atoms with Gasteiger partial charge < -0.3 is 14.4 Å². The fourth-order valence-electron chi connectivity index (χ4n) is 4.60. The number of carbonyl (C=O) groups is 1. The highest BCUT2D eigenvalue weighted by Crippen LogP contribution is 2.32. The van der Waals surface area contributed by atoms with Crippen molar-refractivity contribution in [3.8, 4) is 11.5 Å². The zero-order chi connectivity index (χ0) is 22.8. The summed E-state index contributed by atoms with van der Waals surface area (Å²) in [5, 5.41) is 0. The molecule has 0 radical (unpaired) electrons. The van der Waals surface area contributed by atoms with Gasteiger partial charge in [0.1, 0.15) is 0 Å². The third kappa shape index (κ3) is 5.00. The Labute approximate surface area is 194 Å². The lowest BCUT2D eigenvalue weighted by molar-refractivity contribution is 0.0628. The quantitative estimate of drug-likeness (QED) is 0.643. The monoisotopic (exact) mass is 471 g/mol. The molecule has 5 rings (SSSR count). The molecule has 2 aromatic rings. The third-order valence-electron chi connectivity index (χ3n) is 6.51. The summed E-state index contributed by atoms with van der Waals surface area (Å²) in [5.41, 5.74) is 2.48. The molecule has 3 heterocycles. The fourth-order valence-corrected chi connectivity index (χ4v) is 6.21. The van der Waals surface area contributed by atoms with Gasteiger partial charge in [0, 0.05) is 51.4 Å². The molecule has 3 aliphatic rings. The summed E-state index contributed by atoms with van der Waals surface area (Å²) in [5.74, 6) is 1.55. The van der Waals surface area contributed by atoms with E-state index in [1.807, 2.05) is 17.0 Å². The standard InChI is InChI=1S/C24H29N3O5S/c28-24(21-6-3-19(4-7-21)17-33(29,30)27-9-1-2-10-27)26-13-11-25(12-14-26)16-20-5-8-22-23(15-20)32-18-31-22/h3-8,15H,1-2,9-14,16-18H2. The highest BCUT2D eigenvalue weighted by molar-refractivity contribution is 7.88. The number of ether oxygens (including phenoxy) is 2. The maximum absolute atomic E-state index is 12.9. The maximum atomic E-state index is 12.9. The minimum absolute atomic E-state index is 0.00770. The molecule has 2 saturated heterocycles. The van der Waals surface area contributed by atoms with Crippen molar-refractivity contribution in [1.82, 2.24) is 14.1 Å². The van der Waals surface area contributed by atoms with Crippen molar-refractivity contribution in [3.63, 3.8) is 0 Å². The molecule has 0 aromatic heterocycles. The van der Waals surface area contributed by atoms with Gasteiger partial charge in [-0.25, -0.2) is 12.7 Å². The zero-order valence-electron chi connectivity index (χ0n) is 18.6. The molecular weight excluding hydrogens is 442 g/mol. The summed E-state index contributed by atoms with van der Waals surface area (Å²) < 4.78 is 37.4. The van der Waals surface area contributed by atoms with Crippen LogP contribution in [0.2, 0.25) is 0 Å². The van der Waals surface area contributed by atoms with Gasteiger partial charge in [-0.3, -0.25) is 9.69 Å². The Kier molecular flexibility index (Phi) is 6.27. The van der Waals surface area contributed by atoms with Crippen LogP contribution in [-0.2, 0) is 22.3 Å². The van der Waals surface area contributed by atoms with Gasteiger partial charge in [-0.1, -0.05) is 18.2 Å². The molecule has 0 saturated carbocycles. The van der Waals surface area contributed by atoms with Gasteiger partial charge in [0.25, 0.3) is 5.91 Å². The van der Waals surface area contributed by atoms with Crippen LogP contribution >= 0.6 is 0 Å². The van der Waals surface area contributed by atoms with Crippen molar-refractivity contribution < 1.29 is 22.7 Å². The van der Waals surface area contributed by atoms with Crippen LogP contribution < -0.4 is 9.47 Å². The number of nitrogens with zero attached hydrogens (tertiary/aromatic N) is 3. The van der Waals surface area contributed by atoms with Crippen LogP contribution in [0.4, 0.5) is 0 Å². The van der Waals surface area contributed by atoms with Crippen LogP contribution in [0, 0.1) is 0 Å². The molecule has 2 fully saturated rings. The van der Waals surface area contributed by atoms with Crippen LogP contribution in [0.25, 0.3) is 0 Å². The number of piperazine rings is 1. The fraction of sp³-hybridized carbons (Fsp3) is 0.458. The lowest BCUT2D eigenvalue weighted by Crippen LogP contribution is -2.48. The first kappa shape index (κ1) is 22.2. The summed E-state index contributed by atoms with van der Waals surface area (Å²) in [4.78, 5) is 17.1. The van der Waals surface area contributed by atoms with Crippen molar-refractivity contribution >= 4 is 15.9 Å². The number of fused-ring (bicyclic) bond motifs is 1. The Morgan fingerprint density at radius 3 is 2.21 bits per heavy atom. The molecule has 0 spiro atoms. The second kappa shape index (κ2) is 9.32. The van der Waals surface area contributed by atoms with Gasteiger partial charge in [0.05, 0.1) is 5.75 Å². The molecule has 8 nitrogen and oxygen atoms in total. The first-order valence-electron chi connectivity index (χ1n) is 11.4. The number of amides is 1. The van der Waals surface area contributed by atoms with Crippen molar-refractivity contribution in [2.24, 2.45) is 0 Å². The lowest BCUT2D eigenvalue weighted by Gasteiger charge is -2.34. The molecule has 33 heavy (non-hydrogen) atoms. The van der Waals surface area contributed by atoms with E-state index in [4.69, 9.17) is 9.47 Å². The van der Waals surface area contributed by atoms with Crippen molar-refractivity contribution in [2.75, 3.05) is 46.1 Å². The number of hydrogen-bond donors (Lipinski definition) is 0. The minimum atomic E-state index is -3.28. The van der Waals surface area contributed by atoms with E-state index in [0.29, 0.717) is 37.3 Å². The Hall–Kier alpha value is -2.62. The van der Waals surface area contributed by atoms with Crippen molar-refractivity contribution in [1.29, 1.82) is 0 Å². The van der Waals surface area contributed by atoms with Crippen LogP contribution in [-0.4, -0.2) is 74.5 Å². The predicted octanol–water partition coefficient (Wildman–Crippen LogP) is 2.30. The molecule has 3 aliphatic heterocycles. The van der Waals surface area contributed by atoms with E-state index < -0.39 is 10.0 Å². The number of rotatable bonds is 6. The van der Waals surface area contributed by atoms with Gasteiger partial charge in [-0.15, -0.1) is 0 Å². The topological polar surface area (TPSA) is 79.4 Å². The van der Waals surface area contributed by atoms with E-state index in [1.165, 1.54) is 5.56 Å². The summed E-state index contributed by atoms with van der Waals surface area (Å²) in [6.07, 6.45) is 1.85. The molecule has 0 aliphatic carbocycles. The molecule has 2 aromatic carbocycles. The van der Waals surface area contributed by atoms with Crippen LogP contribution in [0.15, 0.2) is 42.5 Å². The normalized spacial score (nSPS) is 19.2. The van der Waals surface area contributed by atoms with E-state index in [2.05, 4.69) is 11.0 Å². The van der Waals surface area contributed by atoms with E-state index >= 15 is 0 Å². The van der Waals surface area contributed by atoms with Gasteiger partial charge in [-0.2, -0.15) is 0 Å². The average Bonchev–Trinajstić information content (AvgIpc) is 3.52.